The number of urea groups is 1. The number of ether oxygens (including phenoxy) is 2. The van der Waals surface area contributed by atoms with Crippen molar-refractivity contribution in [2.75, 3.05) is 13.3 Å². The van der Waals surface area contributed by atoms with Gasteiger partial charge in [-0.25, -0.2) is 9.18 Å². The molecule has 1 N–H and O–H groups in total. The number of carbonyl (C=O) groups excluding carboxylic acids is 3. The molecule has 0 aromatic heterocycles. The molecule has 3 aliphatic rings. The highest BCUT2D eigenvalue weighted by molar-refractivity contribution is 6.20. The summed E-state index contributed by atoms with van der Waals surface area (Å²) >= 11 is 0. The maximum Gasteiger partial charge on any atom is 0.501 e. The standard InChI is InChI=1S/C24H19FN4O5/c25-17-6-3-15(4-7-17)12-29-23(31)22-18(2-1-9-26-22)28(24(29)32)13-21(30)27-11-16-5-8-19-20(10-16)34-14-33-19/h1-10,22H,11-14H2/p+1. The van der Waals surface area contributed by atoms with Crippen molar-refractivity contribution in [3.8, 4) is 11.5 Å². The summed E-state index contributed by atoms with van der Waals surface area (Å²) in [6.45, 7) is 0.0339. The van der Waals surface area contributed by atoms with Gasteiger partial charge in [0.25, 0.3) is 5.91 Å². The number of halogens is 1. The van der Waals surface area contributed by atoms with Crippen LogP contribution in [0.5, 0.6) is 11.5 Å². The van der Waals surface area contributed by atoms with Crippen molar-refractivity contribution in [3.63, 3.8) is 0 Å². The number of allylic oxidation sites excluding steroid dienone is 1. The van der Waals surface area contributed by atoms with Crippen LogP contribution < -0.4 is 14.8 Å². The van der Waals surface area contributed by atoms with E-state index in [1.54, 1.807) is 24.3 Å². The predicted molar refractivity (Wildman–Crippen MR) is 118 cm³/mol. The lowest BCUT2D eigenvalue weighted by Gasteiger charge is -2.26. The molecule has 0 saturated heterocycles. The number of rotatable bonds is 6. The summed E-state index contributed by atoms with van der Waals surface area (Å²) in [4.78, 5) is 44.2. The van der Waals surface area contributed by atoms with Crippen LogP contribution in [0.2, 0.25) is 0 Å². The van der Waals surface area contributed by atoms with Crippen molar-refractivity contribution >= 4 is 29.8 Å². The molecule has 5 rings (SSSR count). The smallest absolute Gasteiger partial charge is 0.454 e. The summed E-state index contributed by atoms with van der Waals surface area (Å²) < 4.78 is 25.1. The Morgan fingerprint density at radius 2 is 1.88 bits per heavy atom. The second-order valence-electron chi connectivity index (χ2n) is 7.87. The van der Waals surface area contributed by atoms with Gasteiger partial charge in [0.1, 0.15) is 18.1 Å². The Balaban J connectivity index is 1.33. The molecule has 0 bridgehead atoms. The number of dihydropyridines is 1. The Hall–Kier alpha value is -4.34. The van der Waals surface area contributed by atoms with Crippen LogP contribution in [0, 0.1) is 5.82 Å². The van der Waals surface area contributed by atoms with E-state index < -0.39 is 29.7 Å². The Morgan fingerprint density at radius 1 is 1.12 bits per heavy atom. The zero-order chi connectivity index (χ0) is 23.7. The first-order chi connectivity index (χ1) is 16.5. The molecule has 0 radical (unpaired) electrons. The van der Waals surface area contributed by atoms with Crippen molar-refractivity contribution < 1.29 is 32.8 Å². The number of nitrogens with one attached hydrogen (secondary N) is 1. The molecule has 0 saturated carbocycles. The van der Waals surface area contributed by atoms with Gasteiger partial charge in [0.2, 0.25) is 12.8 Å². The van der Waals surface area contributed by atoms with E-state index in [-0.39, 0.29) is 26.4 Å². The number of imide groups is 1. The molecule has 0 spiro atoms. The Labute approximate surface area is 193 Å². The summed E-state index contributed by atoms with van der Waals surface area (Å²) in [6.07, 6.45) is 4.70. The van der Waals surface area contributed by atoms with E-state index in [9.17, 15) is 18.8 Å². The van der Waals surface area contributed by atoms with Gasteiger partial charge in [-0.1, -0.05) is 18.2 Å². The van der Waals surface area contributed by atoms with Crippen molar-refractivity contribution in [1.82, 2.24) is 10.2 Å². The second kappa shape index (κ2) is 8.89. The number of aliphatic imine (C=N–C) groups is 1. The van der Waals surface area contributed by atoms with Crippen LogP contribution in [0.4, 0.5) is 9.18 Å². The number of hydrogen-bond acceptors (Lipinski definition) is 6. The second-order valence-corrected chi connectivity index (χ2v) is 7.87. The lowest BCUT2D eigenvalue weighted by molar-refractivity contribution is -0.428. The van der Waals surface area contributed by atoms with Crippen LogP contribution in [0.3, 0.4) is 0 Å². The minimum Gasteiger partial charge on any atom is -0.454 e. The highest BCUT2D eigenvalue weighted by atomic mass is 19.1. The molecule has 3 aliphatic heterocycles. The highest BCUT2D eigenvalue weighted by Crippen LogP contribution is 2.32. The van der Waals surface area contributed by atoms with E-state index in [0.29, 0.717) is 22.8 Å². The molecule has 1 atom stereocenters. The van der Waals surface area contributed by atoms with Gasteiger partial charge in [-0.05, 0) is 47.5 Å². The molecule has 2 aromatic carbocycles. The molecule has 2 aromatic rings. The fourth-order valence-corrected chi connectivity index (χ4v) is 3.90. The molecule has 10 heteroatoms. The monoisotopic (exact) mass is 463 g/mol. The van der Waals surface area contributed by atoms with Crippen molar-refractivity contribution in [2.24, 2.45) is 4.99 Å². The van der Waals surface area contributed by atoms with Crippen LogP contribution in [0.25, 0.3) is 0 Å². The first-order valence-corrected chi connectivity index (χ1v) is 10.6. The number of hydrogen-bond donors (Lipinski definition) is 1. The lowest BCUT2D eigenvalue weighted by atomic mass is 10.0. The molecular weight excluding hydrogens is 443 g/mol. The SMILES string of the molecule is O=C(C[N+]1=C2C=CC=NC2C(=O)N(Cc2ccc(F)cc2)C1=O)NCc1ccc2c(c1)OCO2. The van der Waals surface area contributed by atoms with Crippen LogP contribution >= 0.6 is 0 Å². The molecule has 0 fully saturated rings. The number of benzene rings is 2. The van der Waals surface area contributed by atoms with Gasteiger partial charge in [0, 0.05) is 12.8 Å². The zero-order valence-corrected chi connectivity index (χ0v) is 17.9. The van der Waals surface area contributed by atoms with Crippen LogP contribution in [-0.4, -0.2) is 58.6 Å². The minimum absolute atomic E-state index is 0.0592. The number of fused-ring (bicyclic) bond motifs is 2. The van der Waals surface area contributed by atoms with Crippen LogP contribution in [0.1, 0.15) is 11.1 Å². The van der Waals surface area contributed by atoms with Gasteiger partial charge in [-0.15, -0.1) is 0 Å². The topological polar surface area (TPSA) is 100 Å². The summed E-state index contributed by atoms with van der Waals surface area (Å²) in [6, 6.07) is 9.31. The van der Waals surface area contributed by atoms with E-state index in [0.717, 1.165) is 10.5 Å². The normalized spacial score (nSPS) is 18.4. The Morgan fingerprint density at radius 3 is 2.71 bits per heavy atom. The quantitative estimate of drug-likeness (QED) is 0.659. The third kappa shape index (κ3) is 4.17. The molecule has 0 aliphatic carbocycles. The van der Waals surface area contributed by atoms with Crippen LogP contribution in [0.15, 0.2) is 59.6 Å². The van der Waals surface area contributed by atoms with Gasteiger partial charge in [0.15, 0.2) is 18.0 Å². The van der Waals surface area contributed by atoms with Gasteiger partial charge in [-0.2, -0.15) is 14.3 Å². The van der Waals surface area contributed by atoms with Gasteiger partial charge >= 0.3 is 11.9 Å². The first-order valence-electron chi connectivity index (χ1n) is 10.6. The molecule has 172 valence electrons. The highest BCUT2D eigenvalue weighted by Gasteiger charge is 2.48. The van der Waals surface area contributed by atoms with E-state index in [1.807, 2.05) is 6.07 Å². The third-order valence-corrected chi connectivity index (χ3v) is 5.62. The predicted octanol–water partition coefficient (Wildman–Crippen LogP) is 1.80. The fraction of sp³-hybridized carbons (Fsp3) is 0.208. The summed E-state index contributed by atoms with van der Waals surface area (Å²) in [5.41, 5.74) is 1.73. The van der Waals surface area contributed by atoms with Gasteiger partial charge in [0.05, 0.1) is 0 Å². The van der Waals surface area contributed by atoms with Gasteiger partial charge < -0.3 is 14.8 Å². The van der Waals surface area contributed by atoms with Crippen molar-refractivity contribution in [1.29, 1.82) is 0 Å². The Kier molecular flexibility index (Phi) is 5.62. The fourth-order valence-electron chi connectivity index (χ4n) is 3.90. The number of carbonyl (C=O) groups is 3. The maximum absolute atomic E-state index is 13.3. The third-order valence-electron chi connectivity index (χ3n) is 5.62. The molecule has 1 unspecified atom stereocenters. The number of amides is 4. The van der Waals surface area contributed by atoms with Crippen LogP contribution in [-0.2, 0) is 22.7 Å². The average Bonchev–Trinajstić information content (AvgIpc) is 3.32. The largest absolute Gasteiger partial charge is 0.501 e. The zero-order valence-electron chi connectivity index (χ0n) is 17.9. The first kappa shape index (κ1) is 21.5. The molecular formula is C24H20FN4O5+. The summed E-state index contributed by atoms with van der Waals surface area (Å²) in [5.74, 6) is -0.0693. The van der Waals surface area contributed by atoms with E-state index in [4.69, 9.17) is 9.47 Å². The van der Waals surface area contributed by atoms with Gasteiger partial charge in [-0.3, -0.25) is 9.79 Å². The van der Waals surface area contributed by atoms with E-state index >= 15 is 0 Å². The molecule has 34 heavy (non-hydrogen) atoms. The van der Waals surface area contributed by atoms with E-state index in [1.165, 1.54) is 35.1 Å². The Bertz CT molecular complexity index is 1270. The maximum atomic E-state index is 13.3. The summed E-state index contributed by atoms with van der Waals surface area (Å²) in [5, 5.41) is 2.79. The van der Waals surface area contributed by atoms with Crippen molar-refractivity contribution in [3.05, 3.63) is 71.6 Å². The molecule has 4 amide bonds. The van der Waals surface area contributed by atoms with E-state index in [2.05, 4.69) is 10.3 Å². The molecule has 9 nitrogen and oxygen atoms in total. The molecule has 3 heterocycles. The average molecular weight is 463 g/mol. The van der Waals surface area contributed by atoms with Crippen molar-refractivity contribution in [2.45, 2.75) is 19.1 Å². The summed E-state index contributed by atoms with van der Waals surface area (Å²) in [7, 11) is 0. The minimum atomic E-state index is -0.926. The number of nitrogens with zero attached hydrogens (tertiary/aromatic N) is 3. The lowest BCUT2D eigenvalue weighted by Crippen LogP contribution is -2.57.